The van der Waals surface area contributed by atoms with Crippen molar-refractivity contribution in [1.29, 1.82) is 0 Å². The minimum Gasteiger partial charge on any atom is -0.497 e. The molecule has 0 spiro atoms. The Hall–Kier alpha value is -2.14. The molecule has 1 saturated heterocycles. The molecule has 4 nitrogen and oxygen atoms in total. The Balaban J connectivity index is 1.91. The Kier molecular flexibility index (Phi) is 4.76. The van der Waals surface area contributed by atoms with Crippen molar-refractivity contribution >= 4 is 17.7 Å². The first kappa shape index (κ1) is 15.7. The first-order chi connectivity index (χ1) is 11.2. The minimum absolute atomic E-state index is 0.0384. The number of thioether (sulfide) groups is 1. The molecule has 3 rings (SSSR count). The second-order valence-corrected chi connectivity index (χ2v) is 6.38. The van der Waals surface area contributed by atoms with Crippen LogP contribution in [0.4, 0.5) is 0 Å². The normalized spacial score (nSPS) is 17.1. The molecule has 23 heavy (non-hydrogen) atoms. The van der Waals surface area contributed by atoms with E-state index in [2.05, 4.69) is 0 Å². The quantitative estimate of drug-likeness (QED) is 0.859. The molecule has 1 aliphatic rings. The average molecular weight is 329 g/mol. The fourth-order valence-electron chi connectivity index (χ4n) is 2.70. The van der Waals surface area contributed by atoms with Crippen molar-refractivity contribution < 1.29 is 14.3 Å². The molecule has 0 aromatic heterocycles. The van der Waals surface area contributed by atoms with Crippen molar-refractivity contribution in [3.8, 4) is 11.5 Å². The molecule has 1 aliphatic heterocycles. The van der Waals surface area contributed by atoms with Crippen molar-refractivity contribution in [2.75, 3.05) is 26.5 Å². The summed E-state index contributed by atoms with van der Waals surface area (Å²) in [6.07, 6.45) is 0. The van der Waals surface area contributed by atoms with Crippen LogP contribution in [0.1, 0.15) is 21.3 Å². The number of hydrogen-bond donors (Lipinski definition) is 0. The summed E-state index contributed by atoms with van der Waals surface area (Å²) in [5.74, 6) is 2.46. The Bertz CT molecular complexity index is 690. The lowest BCUT2D eigenvalue weighted by molar-refractivity contribution is 0.0759. The number of methoxy groups -OCH3 is 2. The monoisotopic (exact) mass is 329 g/mol. The zero-order valence-electron chi connectivity index (χ0n) is 13.2. The highest BCUT2D eigenvalue weighted by Gasteiger charge is 2.33. The number of amides is 1. The predicted octanol–water partition coefficient (Wildman–Crippen LogP) is 3.59. The Morgan fingerprint density at radius 1 is 1.13 bits per heavy atom. The van der Waals surface area contributed by atoms with E-state index < -0.39 is 0 Å². The van der Waals surface area contributed by atoms with Gasteiger partial charge in [-0.25, -0.2) is 0 Å². The summed E-state index contributed by atoms with van der Waals surface area (Å²) in [6, 6.07) is 15.1. The van der Waals surface area contributed by atoms with Gasteiger partial charge in [-0.15, -0.1) is 11.8 Å². The van der Waals surface area contributed by atoms with Crippen LogP contribution in [0.15, 0.2) is 48.5 Å². The van der Waals surface area contributed by atoms with Gasteiger partial charge in [-0.2, -0.15) is 0 Å². The van der Waals surface area contributed by atoms with Gasteiger partial charge in [-0.05, 0) is 24.3 Å². The van der Waals surface area contributed by atoms with Gasteiger partial charge in [0.15, 0.2) is 0 Å². The van der Waals surface area contributed by atoms with Crippen molar-refractivity contribution in [2.24, 2.45) is 0 Å². The molecule has 1 atom stereocenters. The molecule has 0 N–H and O–H groups in total. The van der Waals surface area contributed by atoms with Crippen LogP contribution >= 0.6 is 11.8 Å². The summed E-state index contributed by atoms with van der Waals surface area (Å²) in [6.45, 7) is 0.734. The number of carbonyl (C=O) groups is 1. The van der Waals surface area contributed by atoms with E-state index in [1.54, 1.807) is 26.0 Å². The summed E-state index contributed by atoms with van der Waals surface area (Å²) >= 11 is 1.75. The summed E-state index contributed by atoms with van der Waals surface area (Å²) in [5.41, 5.74) is 1.72. The van der Waals surface area contributed by atoms with E-state index in [9.17, 15) is 4.79 Å². The number of carbonyl (C=O) groups excluding carboxylic acids is 1. The molecule has 0 saturated carbocycles. The average Bonchev–Trinajstić information content (AvgIpc) is 3.10. The molecule has 5 heteroatoms. The van der Waals surface area contributed by atoms with Crippen LogP contribution in [0.5, 0.6) is 11.5 Å². The summed E-state index contributed by atoms with van der Waals surface area (Å²) in [5, 5.41) is -0.0384. The molecule has 120 valence electrons. The highest BCUT2D eigenvalue weighted by molar-refractivity contribution is 7.99. The van der Waals surface area contributed by atoms with Crippen LogP contribution in [0.25, 0.3) is 0 Å². The van der Waals surface area contributed by atoms with Gasteiger partial charge in [0.2, 0.25) is 0 Å². The predicted molar refractivity (Wildman–Crippen MR) is 92.2 cm³/mol. The first-order valence-electron chi connectivity index (χ1n) is 7.44. The van der Waals surface area contributed by atoms with E-state index in [0.717, 1.165) is 29.4 Å². The molecule has 2 aromatic rings. The number of nitrogens with zero attached hydrogens (tertiary/aromatic N) is 1. The third-order valence-electron chi connectivity index (χ3n) is 3.88. The van der Waals surface area contributed by atoms with Crippen molar-refractivity contribution in [1.82, 2.24) is 4.90 Å². The largest absolute Gasteiger partial charge is 0.497 e. The van der Waals surface area contributed by atoms with E-state index in [4.69, 9.17) is 9.47 Å². The van der Waals surface area contributed by atoms with E-state index in [0.29, 0.717) is 5.56 Å². The lowest BCUT2D eigenvalue weighted by Crippen LogP contribution is -2.30. The smallest absolute Gasteiger partial charge is 0.255 e. The van der Waals surface area contributed by atoms with Gasteiger partial charge >= 0.3 is 0 Å². The van der Waals surface area contributed by atoms with Gasteiger partial charge < -0.3 is 14.4 Å². The zero-order valence-corrected chi connectivity index (χ0v) is 14.0. The summed E-state index contributed by atoms with van der Waals surface area (Å²) in [4.78, 5) is 14.7. The number of benzene rings is 2. The Labute approximate surface area is 140 Å². The second kappa shape index (κ2) is 6.96. The maximum Gasteiger partial charge on any atom is 0.255 e. The molecule has 0 radical (unpaired) electrons. The van der Waals surface area contributed by atoms with Crippen molar-refractivity contribution in [2.45, 2.75) is 5.37 Å². The summed E-state index contributed by atoms with van der Waals surface area (Å²) in [7, 11) is 3.27. The molecule has 0 aliphatic carbocycles. The van der Waals surface area contributed by atoms with E-state index in [1.807, 2.05) is 53.4 Å². The second-order valence-electron chi connectivity index (χ2n) is 5.20. The molecule has 0 unspecified atom stereocenters. The van der Waals surface area contributed by atoms with Gasteiger partial charge in [0, 0.05) is 29.5 Å². The van der Waals surface area contributed by atoms with Crippen LogP contribution in [0.2, 0.25) is 0 Å². The molecular formula is C18H19NO3S. The molecule has 0 bridgehead atoms. The van der Waals surface area contributed by atoms with Crippen LogP contribution in [0, 0.1) is 0 Å². The lowest BCUT2D eigenvalue weighted by Gasteiger charge is -2.25. The van der Waals surface area contributed by atoms with Gasteiger partial charge in [0.1, 0.15) is 16.9 Å². The van der Waals surface area contributed by atoms with Gasteiger partial charge in [0.25, 0.3) is 5.91 Å². The van der Waals surface area contributed by atoms with Gasteiger partial charge in [-0.1, -0.05) is 18.2 Å². The summed E-state index contributed by atoms with van der Waals surface area (Å²) < 4.78 is 10.8. The van der Waals surface area contributed by atoms with Gasteiger partial charge in [-0.3, -0.25) is 4.79 Å². The topological polar surface area (TPSA) is 38.8 Å². The van der Waals surface area contributed by atoms with Gasteiger partial charge in [0.05, 0.1) is 14.2 Å². The fourth-order valence-corrected chi connectivity index (χ4v) is 3.99. The van der Waals surface area contributed by atoms with Crippen LogP contribution in [0.3, 0.4) is 0 Å². The Morgan fingerprint density at radius 2 is 1.91 bits per heavy atom. The van der Waals surface area contributed by atoms with Crippen molar-refractivity contribution in [3.05, 3.63) is 59.7 Å². The number of rotatable bonds is 4. The zero-order chi connectivity index (χ0) is 16.2. The lowest BCUT2D eigenvalue weighted by atomic mass is 10.1. The molecular weight excluding hydrogens is 310 g/mol. The van der Waals surface area contributed by atoms with Crippen molar-refractivity contribution in [3.63, 3.8) is 0 Å². The fraction of sp³-hybridized carbons (Fsp3) is 0.278. The Morgan fingerprint density at radius 3 is 2.61 bits per heavy atom. The SMILES string of the molecule is COc1ccc([C@H]2SCCN2C(=O)c2ccccc2)c(OC)c1. The van der Waals surface area contributed by atoms with E-state index in [-0.39, 0.29) is 11.3 Å². The maximum absolute atomic E-state index is 12.8. The highest BCUT2D eigenvalue weighted by Crippen LogP contribution is 2.43. The van der Waals surface area contributed by atoms with Crippen LogP contribution in [-0.2, 0) is 0 Å². The maximum atomic E-state index is 12.8. The highest BCUT2D eigenvalue weighted by atomic mass is 32.2. The third-order valence-corrected chi connectivity index (χ3v) is 5.12. The standard InChI is InChI=1S/C18H19NO3S/c1-21-14-8-9-15(16(12-14)22-2)18-19(10-11-23-18)17(20)13-6-4-3-5-7-13/h3-9,12,18H,10-11H2,1-2H3/t18-/m1/s1. The molecule has 1 heterocycles. The number of ether oxygens (including phenoxy) is 2. The van der Waals surface area contributed by atoms with Crippen LogP contribution in [-0.4, -0.2) is 37.3 Å². The van der Waals surface area contributed by atoms with Crippen LogP contribution < -0.4 is 9.47 Å². The van der Waals surface area contributed by atoms with E-state index in [1.165, 1.54) is 0 Å². The first-order valence-corrected chi connectivity index (χ1v) is 8.49. The molecule has 2 aromatic carbocycles. The molecule has 1 amide bonds. The minimum atomic E-state index is -0.0384. The molecule has 1 fully saturated rings. The van der Waals surface area contributed by atoms with E-state index >= 15 is 0 Å². The third kappa shape index (κ3) is 3.15. The number of hydrogen-bond acceptors (Lipinski definition) is 4.